The van der Waals surface area contributed by atoms with Crippen LogP contribution < -0.4 is 0 Å². The average Bonchev–Trinajstić information content (AvgIpc) is 3.14. The van der Waals surface area contributed by atoms with Crippen LogP contribution in [0.2, 0.25) is 0 Å². The van der Waals surface area contributed by atoms with Crippen molar-refractivity contribution < 1.29 is 9.53 Å². The number of hydrogen-bond acceptors (Lipinski definition) is 2. The summed E-state index contributed by atoms with van der Waals surface area (Å²) in [6.07, 6.45) is 0.935. The zero-order valence-corrected chi connectivity index (χ0v) is 15.0. The highest BCUT2D eigenvalue weighted by atomic mass is 16.5. The first-order valence-electron chi connectivity index (χ1n) is 8.11. The molecule has 0 aliphatic heterocycles. The highest BCUT2D eigenvalue weighted by Gasteiger charge is 2.53. The third kappa shape index (κ3) is 4.26. The summed E-state index contributed by atoms with van der Waals surface area (Å²) in [5, 5.41) is 0. The van der Waals surface area contributed by atoms with Crippen LogP contribution in [0, 0.1) is 28.6 Å². The Labute approximate surface area is 139 Å². The van der Waals surface area contributed by atoms with E-state index in [-0.39, 0.29) is 17.3 Å². The van der Waals surface area contributed by atoms with Gasteiger partial charge in [-0.1, -0.05) is 30.0 Å². The molecule has 2 atom stereocenters. The van der Waals surface area contributed by atoms with Gasteiger partial charge in [-0.3, -0.25) is 4.79 Å². The van der Waals surface area contributed by atoms with Crippen LogP contribution in [0.25, 0.3) is 0 Å². The second kappa shape index (κ2) is 6.24. The predicted octanol–water partition coefficient (Wildman–Crippen LogP) is 4.95. The lowest BCUT2D eigenvalue weighted by atomic mass is 9.97. The van der Waals surface area contributed by atoms with Gasteiger partial charge in [0.05, 0.1) is 5.41 Å². The molecule has 0 saturated heterocycles. The summed E-state index contributed by atoms with van der Waals surface area (Å²) in [5.41, 5.74) is 1.46. The fourth-order valence-electron chi connectivity index (χ4n) is 2.40. The van der Waals surface area contributed by atoms with Crippen molar-refractivity contribution in [3.63, 3.8) is 0 Å². The lowest BCUT2D eigenvalue weighted by molar-refractivity contribution is -0.149. The molecule has 0 N–H and O–H groups in total. The zero-order chi connectivity index (χ0) is 17.3. The van der Waals surface area contributed by atoms with Gasteiger partial charge in [0.25, 0.3) is 0 Å². The monoisotopic (exact) mass is 310 g/mol. The van der Waals surface area contributed by atoms with Gasteiger partial charge in [0.1, 0.15) is 5.76 Å². The van der Waals surface area contributed by atoms with E-state index in [1.807, 2.05) is 65.0 Å². The fourth-order valence-corrected chi connectivity index (χ4v) is 2.40. The van der Waals surface area contributed by atoms with Gasteiger partial charge < -0.3 is 4.74 Å². The minimum atomic E-state index is -0.498. The van der Waals surface area contributed by atoms with Crippen molar-refractivity contribution in [3.05, 3.63) is 47.2 Å². The number of esters is 1. The number of rotatable bonds is 2. The molecule has 0 aromatic heterocycles. The van der Waals surface area contributed by atoms with Gasteiger partial charge in [-0.15, -0.1) is 0 Å². The predicted molar refractivity (Wildman–Crippen MR) is 93.5 cm³/mol. The molecule has 0 spiro atoms. The third-order valence-corrected chi connectivity index (χ3v) is 4.13. The van der Waals surface area contributed by atoms with Crippen molar-refractivity contribution in [2.75, 3.05) is 0 Å². The Morgan fingerprint density at radius 2 is 1.83 bits per heavy atom. The van der Waals surface area contributed by atoms with Crippen molar-refractivity contribution in [2.45, 2.75) is 48.0 Å². The second-order valence-corrected chi connectivity index (χ2v) is 7.79. The van der Waals surface area contributed by atoms with Gasteiger partial charge in [0.15, 0.2) is 0 Å². The molecule has 122 valence electrons. The van der Waals surface area contributed by atoms with Gasteiger partial charge in [0, 0.05) is 16.9 Å². The van der Waals surface area contributed by atoms with Gasteiger partial charge in [-0.05, 0) is 65.7 Å². The molecule has 0 radical (unpaired) electrons. The number of ether oxygens (including phenoxy) is 1. The van der Waals surface area contributed by atoms with E-state index in [9.17, 15) is 4.79 Å². The minimum absolute atomic E-state index is 0.111. The molecule has 23 heavy (non-hydrogen) atoms. The first kappa shape index (κ1) is 17.3. The van der Waals surface area contributed by atoms with Crippen LogP contribution in [0.1, 0.15) is 53.5 Å². The number of allylic oxidation sites excluding steroid dienone is 2. The second-order valence-electron chi connectivity index (χ2n) is 7.79. The van der Waals surface area contributed by atoms with Crippen LogP contribution in [0.5, 0.6) is 0 Å². The highest BCUT2D eigenvalue weighted by molar-refractivity contribution is 5.76. The third-order valence-electron chi connectivity index (χ3n) is 4.13. The van der Waals surface area contributed by atoms with Gasteiger partial charge in [-0.25, -0.2) is 0 Å². The first-order valence-corrected chi connectivity index (χ1v) is 8.11. The molecule has 1 aromatic carbocycles. The summed E-state index contributed by atoms with van der Waals surface area (Å²) in [6.45, 7) is 11.8. The molecule has 1 saturated carbocycles. The van der Waals surface area contributed by atoms with Gasteiger partial charge >= 0.3 is 5.97 Å². The summed E-state index contributed by atoms with van der Waals surface area (Å²) < 4.78 is 5.72. The Morgan fingerprint density at radius 1 is 1.22 bits per heavy atom. The van der Waals surface area contributed by atoms with E-state index in [1.54, 1.807) is 0 Å². The lowest BCUT2D eigenvalue weighted by Crippen LogP contribution is -2.24. The molecule has 1 aliphatic rings. The summed E-state index contributed by atoms with van der Waals surface area (Å²) >= 11 is 0. The Hall–Kier alpha value is -2.01. The fraction of sp³-hybridized carbons (Fsp3) is 0.476. The normalized spacial score (nSPS) is 22.6. The van der Waals surface area contributed by atoms with E-state index in [4.69, 9.17) is 4.74 Å². The summed E-state index contributed by atoms with van der Waals surface area (Å²) in [4.78, 5) is 12.2. The molecule has 0 amide bonds. The standard InChI is InChI=1S/C21H26O2/c1-15(2)18(23-19(22)20(3,4)5)17-14-21(17,6)13-12-16-10-8-7-9-11-16/h7-11,17H,14H2,1-6H3/t17-,21+/m1/s1. The van der Waals surface area contributed by atoms with Crippen molar-refractivity contribution in [2.24, 2.45) is 16.7 Å². The van der Waals surface area contributed by atoms with Crippen molar-refractivity contribution in [1.82, 2.24) is 0 Å². The Morgan fingerprint density at radius 3 is 2.35 bits per heavy atom. The van der Waals surface area contributed by atoms with E-state index in [2.05, 4.69) is 18.8 Å². The number of carbonyl (C=O) groups excluding carboxylic acids is 1. The molecule has 2 rings (SSSR count). The van der Waals surface area contributed by atoms with E-state index in [0.29, 0.717) is 0 Å². The van der Waals surface area contributed by atoms with E-state index in [0.717, 1.165) is 23.3 Å². The zero-order valence-electron chi connectivity index (χ0n) is 15.0. The first-order chi connectivity index (χ1) is 10.6. The summed E-state index contributed by atoms with van der Waals surface area (Å²) in [7, 11) is 0. The molecule has 0 bridgehead atoms. The Kier molecular flexibility index (Phi) is 4.71. The van der Waals surface area contributed by atoms with Crippen LogP contribution in [0.4, 0.5) is 0 Å². The van der Waals surface area contributed by atoms with Crippen molar-refractivity contribution in [1.29, 1.82) is 0 Å². The van der Waals surface area contributed by atoms with Crippen LogP contribution >= 0.6 is 0 Å². The van der Waals surface area contributed by atoms with E-state index in [1.165, 1.54) is 0 Å². The molecular formula is C21H26O2. The molecule has 2 nitrogen and oxygen atoms in total. The lowest BCUT2D eigenvalue weighted by Gasteiger charge is -2.19. The average molecular weight is 310 g/mol. The number of carbonyl (C=O) groups is 1. The molecule has 1 aromatic rings. The van der Waals surface area contributed by atoms with Crippen molar-refractivity contribution in [3.8, 4) is 11.8 Å². The maximum Gasteiger partial charge on any atom is 0.316 e. The largest absolute Gasteiger partial charge is 0.430 e. The Balaban J connectivity index is 2.15. The van der Waals surface area contributed by atoms with Gasteiger partial charge in [-0.2, -0.15) is 0 Å². The van der Waals surface area contributed by atoms with Crippen molar-refractivity contribution >= 4 is 5.97 Å². The smallest absolute Gasteiger partial charge is 0.316 e. The SMILES string of the molecule is CC(C)=C(OC(=O)C(C)(C)C)[C@H]1C[C@]1(C)C#Cc1ccccc1. The van der Waals surface area contributed by atoms with Crippen LogP contribution in [0.15, 0.2) is 41.7 Å². The van der Waals surface area contributed by atoms with Gasteiger partial charge in [0.2, 0.25) is 0 Å². The molecule has 0 unspecified atom stereocenters. The Bertz CT molecular complexity index is 676. The number of benzene rings is 1. The van der Waals surface area contributed by atoms with Crippen LogP contribution in [-0.2, 0) is 9.53 Å². The molecule has 0 heterocycles. The van der Waals surface area contributed by atoms with E-state index < -0.39 is 5.41 Å². The van der Waals surface area contributed by atoms with Crippen LogP contribution in [-0.4, -0.2) is 5.97 Å². The summed E-state index contributed by atoms with van der Waals surface area (Å²) in [5.74, 6) is 7.44. The number of hydrogen-bond donors (Lipinski definition) is 0. The maximum atomic E-state index is 12.2. The quantitative estimate of drug-likeness (QED) is 0.439. The van der Waals surface area contributed by atoms with E-state index >= 15 is 0 Å². The minimum Gasteiger partial charge on any atom is -0.430 e. The molecule has 2 heteroatoms. The highest BCUT2D eigenvalue weighted by Crippen LogP contribution is 2.56. The summed E-state index contributed by atoms with van der Waals surface area (Å²) in [6, 6.07) is 9.98. The molecule has 1 aliphatic carbocycles. The van der Waals surface area contributed by atoms with Crippen LogP contribution in [0.3, 0.4) is 0 Å². The maximum absolute atomic E-state index is 12.2. The molecule has 1 fully saturated rings. The molecular weight excluding hydrogens is 284 g/mol. The topological polar surface area (TPSA) is 26.3 Å².